The van der Waals surface area contributed by atoms with Crippen molar-refractivity contribution in [2.45, 2.75) is 0 Å². The molecule has 0 saturated heterocycles. The van der Waals surface area contributed by atoms with E-state index < -0.39 is 0 Å². The lowest BCUT2D eigenvalue weighted by molar-refractivity contribution is 0.532. The van der Waals surface area contributed by atoms with Gasteiger partial charge in [0.05, 0.1) is 0 Å². The number of aliphatic hydroxyl groups excluding tert-OH is 1. The van der Waals surface area contributed by atoms with E-state index in [1.54, 1.807) is 17.0 Å². The van der Waals surface area contributed by atoms with Crippen LogP contribution in [-0.2, 0) is 0 Å². The minimum atomic E-state index is 0.389. The van der Waals surface area contributed by atoms with Crippen molar-refractivity contribution in [3.05, 3.63) is 23.2 Å². The number of allylic oxidation sites excluding steroid dienone is 1. The average molecular weight is 150 g/mol. The monoisotopic (exact) mass is 150 g/mol. The molecule has 0 saturated carbocycles. The van der Waals surface area contributed by atoms with E-state index in [1.807, 2.05) is 6.08 Å². The molecule has 0 aromatic carbocycles. The Bertz CT molecular complexity index is 403. The molecule has 0 spiro atoms. The molecule has 1 aliphatic heterocycles. The van der Waals surface area contributed by atoms with Gasteiger partial charge in [0.15, 0.2) is 5.48 Å². The van der Waals surface area contributed by atoms with E-state index in [0.29, 0.717) is 11.0 Å². The normalized spacial score (nSPS) is 15.5. The average Bonchev–Trinajstić information content (AvgIpc) is 2.47. The SMILES string of the molecule is O/C=c1/nnc2n1NC=CC=2. The van der Waals surface area contributed by atoms with Gasteiger partial charge in [-0.1, -0.05) is 0 Å². The number of hydrogen-bond acceptors (Lipinski definition) is 4. The van der Waals surface area contributed by atoms with Gasteiger partial charge in [-0.15, -0.1) is 10.2 Å². The highest BCUT2D eigenvalue weighted by atomic mass is 16.2. The Balaban J connectivity index is 2.80. The molecule has 5 nitrogen and oxygen atoms in total. The van der Waals surface area contributed by atoms with Crippen molar-refractivity contribution in [1.82, 2.24) is 14.9 Å². The summed E-state index contributed by atoms with van der Waals surface area (Å²) in [4.78, 5) is 0. The number of fused-ring (bicyclic) bond motifs is 1. The number of hydrogen-bond donors (Lipinski definition) is 2. The van der Waals surface area contributed by atoms with E-state index in [2.05, 4.69) is 15.6 Å². The Morgan fingerprint density at radius 2 is 2.45 bits per heavy atom. The summed E-state index contributed by atoms with van der Waals surface area (Å²) in [5.74, 6) is 0. The van der Waals surface area contributed by atoms with E-state index in [1.165, 1.54) is 0 Å². The Morgan fingerprint density at radius 1 is 1.55 bits per heavy atom. The Kier molecular flexibility index (Phi) is 1.15. The summed E-state index contributed by atoms with van der Waals surface area (Å²) in [5.41, 5.74) is 3.91. The van der Waals surface area contributed by atoms with Crippen LogP contribution in [0.2, 0.25) is 0 Å². The molecule has 56 valence electrons. The summed E-state index contributed by atoms with van der Waals surface area (Å²) in [5, 5.41) is 16.1. The van der Waals surface area contributed by atoms with Crippen LogP contribution in [0.5, 0.6) is 0 Å². The summed E-state index contributed by atoms with van der Waals surface area (Å²) in [6.07, 6.45) is 6.22. The van der Waals surface area contributed by atoms with Crippen LogP contribution in [0.3, 0.4) is 0 Å². The van der Waals surface area contributed by atoms with Crippen LogP contribution in [0.4, 0.5) is 0 Å². The van der Waals surface area contributed by atoms with Crippen molar-refractivity contribution in [2.24, 2.45) is 0 Å². The third kappa shape index (κ3) is 0.778. The number of aliphatic hydroxyl groups is 1. The zero-order valence-corrected chi connectivity index (χ0v) is 5.60. The molecule has 11 heavy (non-hydrogen) atoms. The van der Waals surface area contributed by atoms with Crippen LogP contribution in [0.1, 0.15) is 0 Å². The second-order valence-electron chi connectivity index (χ2n) is 2.04. The van der Waals surface area contributed by atoms with Crippen molar-refractivity contribution in [2.75, 3.05) is 5.43 Å². The predicted molar refractivity (Wildman–Crippen MR) is 39.3 cm³/mol. The Labute approximate surface area is 62.0 Å². The van der Waals surface area contributed by atoms with Gasteiger partial charge in [-0.05, 0) is 12.2 Å². The number of aromatic nitrogens is 3. The van der Waals surface area contributed by atoms with Crippen molar-refractivity contribution in [3.8, 4) is 0 Å². The highest BCUT2D eigenvalue weighted by molar-refractivity contribution is 5.35. The van der Waals surface area contributed by atoms with E-state index in [9.17, 15) is 0 Å². The predicted octanol–water partition coefficient (Wildman–Crippen LogP) is -1.57. The van der Waals surface area contributed by atoms with E-state index in [0.717, 1.165) is 6.26 Å². The maximum absolute atomic E-state index is 8.66. The maximum Gasteiger partial charge on any atom is 0.210 e. The van der Waals surface area contributed by atoms with Gasteiger partial charge in [0.25, 0.3) is 0 Å². The van der Waals surface area contributed by atoms with Gasteiger partial charge >= 0.3 is 0 Å². The van der Waals surface area contributed by atoms with Gasteiger partial charge < -0.3 is 5.11 Å². The molecule has 0 atom stereocenters. The van der Waals surface area contributed by atoms with Crippen LogP contribution < -0.4 is 16.4 Å². The van der Waals surface area contributed by atoms with Gasteiger partial charge in [-0.3, -0.25) is 5.43 Å². The molecule has 2 N–H and O–H groups in total. The first kappa shape index (κ1) is 5.96. The lowest BCUT2D eigenvalue weighted by Gasteiger charge is -2.02. The fourth-order valence-corrected chi connectivity index (χ4v) is 0.885. The number of rotatable bonds is 0. The lowest BCUT2D eigenvalue weighted by atomic mass is 10.5. The van der Waals surface area contributed by atoms with E-state index in [4.69, 9.17) is 5.11 Å². The molecule has 1 aromatic rings. The van der Waals surface area contributed by atoms with Crippen molar-refractivity contribution < 1.29 is 5.11 Å². The molecule has 0 fully saturated rings. The smallest absolute Gasteiger partial charge is 0.210 e. The zero-order chi connectivity index (χ0) is 7.68. The number of nitrogens with one attached hydrogen (secondary N) is 1. The second kappa shape index (κ2) is 2.12. The molecule has 0 aliphatic carbocycles. The highest BCUT2D eigenvalue weighted by Crippen LogP contribution is 1.76. The summed E-state index contributed by atoms with van der Waals surface area (Å²) in [6.45, 7) is 0. The first-order chi connectivity index (χ1) is 5.42. The third-order valence-corrected chi connectivity index (χ3v) is 1.37. The largest absolute Gasteiger partial charge is 0.512 e. The summed E-state index contributed by atoms with van der Waals surface area (Å²) < 4.78 is 1.57. The molecule has 1 aromatic heterocycles. The summed E-state index contributed by atoms with van der Waals surface area (Å²) in [7, 11) is 0. The van der Waals surface area contributed by atoms with Gasteiger partial charge in [0, 0.05) is 6.20 Å². The second-order valence-corrected chi connectivity index (χ2v) is 2.04. The van der Waals surface area contributed by atoms with Gasteiger partial charge in [-0.25, -0.2) is 4.68 Å². The third-order valence-electron chi connectivity index (χ3n) is 1.37. The first-order valence-corrected chi connectivity index (χ1v) is 3.11. The fraction of sp³-hybridized carbons (Fsp3) is 0. The minimum Gasteiger partial charge on any atom is -0.512 e. The van der Waals surface area contributed by atoms with Crippen molar-refractivity contribution in [3.63, 3.8) is 0 Å². The van der Waals surface area contributed by atoms with Gasteiger partial charge in [-0.2, -0.15) is 0 Å². The zero-order valence-electron chi connectivity index (χ0n) is 5.60. The molecule has 0 radical (unpaired) electrons. The van der Waals surface area contributed by atoms with Crippen LogP contribution in [0.25, 0.3) is 12.3 Å². The van der Waals surface area contributed by atoms with Gasteiger partial charge in [0.1, 0.15) is 6.26 Å². The lowest BCUT2D eigenvalue weighted by Crippen LogP contribution is -2.35. The van der Waals surface area contributed by atoms with Gasteiger partial charge in [0.2, 0.25) is 5.48 Å². The van der Waals surface area contributed by atoms with Crippen molar-refractivity contribution in [1.29, 1.82) is 0 Å². The van der Waals surface area contributed by atoms with Crippen LogP contribution >= 0.6 is 0 Å². The van der Waals surface area contributed by atoms with Crippen LogP contribution in [0.15, 0.2) is 12.3 Å². The highest BCUT2D eigenvalue weighted by Gasteiger charge is 1.98. The topological polar surface area (TPSA) is 63.0 Å². The molecular weight excluding hydrogens is 144 g/mol. The minimum absolute atomic E-state index is 0.389. The summed E-state index contributed by atoms with van der Waals surface area (Å²) in [6, 6.07) is 0. The van der Waals surface area contributed by atoms with Crippen LogP contribution in [0, 0.1) is 0 Å². The molecule has 0 unspecified atom stereocenters. The molecule has 2 heterocycles. The van der Waals surface area contributed by atoms with E-state index >= 15 is 0 Å². The molecule has 2 rings (SSSR count). The number of nitrogens with zero attached hydrogens (tertiary/aromatic N) is 3. The van der Waals surface area contributed by atoms with Crippen molar-refractivity contribution >= 4 is 12.3 Å². The maximum atomic E-state index is 8.66. The molecular formula is C6H6N4O. The fourth-order valence-electron chi connectivity index (χ4n) is 0.885. The first-order valence-electron chi connectivity index (χ1n) is 3.11. The molecule has 1 aliphatic rings. The Hall–Kier alpha value is -1.78. The Morgan fingerprint density at radius 3 is 3.27 bits per heavy atom. The molecule has 0 bridgehead atoms. The quantitative estimate of drug-likeness (QED) is 0.469. The van der Waals surface area contributed by atoms with Crippen LogP contribution in [-0.4, -0.2) is 20.0 Å². The van der Waals surface area contributed by atoms with E-state index in [-0.39, 0.29) is 0 Å². The summed E-state index contributed by atoms with van der Waals surface area (Å²) >= 11 is 0. The molecule has 0 amide bonds. The standard InChI is InChI=1S/C6H6N4O/c11-4-6-9-8-5-2-1-3-7-10(5)6/h1-4,7,11H/b6-4-. The molecule has 5 heteroatoms.